The lowest BCUT2D eigenvalue weighted by Gasteiger charge is -2.32. The number of halogens is 2. The summed E-state index contributed by atoms with van der Waals surface area (Å²) in [5, 5.41) is 9.63. The predicted molar refractivity (Wildman–Crippen MR) is 95.9 cm³/mol. The van der Waals surface area contributed by atoms with Crippen molar-refractivity contribution in [2.75, 3.05) is 18.4 Å². The summed E-state index contributed by atoms with van der Waals surface area (Å²) in [6.45, 7) is 3.00. The fraction of sp³-hybridized carbons (Fsp3) is 0.375. The molecular weight excluding hydrogens is 380 g/mol. The van der Waals surface area contributed by atoms with Crippen LogP contribution in [-0.2, 0) is 6.54 Å². The predicted octanol–water partition coefficient (Wildman–Crippen LogP) is 3.26. The Kier molecular flexibility index (Phi) is 5.35. The molecule has 2 N–H and O–H groups in total. The Morgan fingerprint density at radius 3 is 2.70 bits per heavy atom. The quantitative estimate of drug-likeness (QED) is 0.831. The van der Waals surface area contributed by atoms with E-state index in [4.69, 9.17) is 11.6 Å². The summed E-state index contributed by atoms with van der Waals surface area (Å²) >= 11 is 9.46. The summed E-state index contributed by atoms with van der Waals surface area (Å²) in [7, 11) is 0. The number of aromatic amines is 1. The summed E-state index contributed by atoms with van der Waals surface area (Å²) in [5.41, 5.74) is 1.58. The van der Waals surface area contributed by atoms with Crippen molar-refractivity contribution in [3.05, 3.63) is 55.9 Å². The number of hydrogen-bond donors (Lipinski definition) is 2. The Morgan fingerprint density at radius 2 is 2.00 bits per heavy atom. The van der Waals surface area contributed by atoms with Gasteiger partial charge >= 0.3 is 0 Å². The van der Waals surface area contributed by atoms with Crippen LogP contribution in [0.25, 0.3) is 0 Å². The topological polar surface area (TPSA) is 61.0 Å². The van der Waals surface area contributed by atoms with E-state index in [0.717, 1.165) is 36.9 Å². The molecule has 2 heterocycles. The van der Waals surface area contributed by atoms with Gasteiger partial charge in [0.2, 0.25) is 0 Å². The first kappa shape index (κ1) is 16.5. The highest BCUT2D eigenvalue weighted by Crippen LogP contribution is 2.21. The summed E-state index contributed by atoms with van der Waals surface area (Å²) in [6, 6.07) is 8.76. The fourth-order valence-corrected chi connectivity index (χ4v) is 3.20. The number of anilines is 1. The molecule has 23 heavy (non-hydrogen) atoms. The smallest absolute Gasteiger partial charge is 0.285 e. The molecule has 0 amide bonds. The van der Waals surface area contributed by atoms with Crippen molar-refractivity contribution in [2.24, 2.45) is 0 Å². The number of H-pyrrole nitrogens is 1. The normalized spacial score (nSPS) is 16.4. The van der Waals surface area contributed by atoms with E-state index in [2.05, 4.69) is 60.6 Å². The van der Waals surface area contributed by atoms with Crippen LogP contribution in [0.2, 0.25) is 5.02 Å². The molecule has 0 spiro atoms. The largest absolute Gasteiger partial charge is 0.380 e. The van der Waals surface area contributed by atoms with Crippen molar-refractivity contribution in [2.45, 2.75) is 25.4 Å². The Morgan fingerprint density at radius 1 is 1.30 bits per heavy atom. The van der Waals surface area contributed by atoms with Gasteiger partial charge in [0.1, 0.15) is 5.02 Å². The molecule has 0 aliphatic carbocycles. The molecule has 0 bridgehead atoms. The molecule has 0 atom stereocenters. The van der Waals surface area contributed by atoms with Crippen LogP contribution in [0.4, 0.5) is 5.69 Å². The van der Waals surface area contributed by atoms with Gasteiger partial charge in [-0.3, -0.25) is 9.69 Å². The number of benzene rings is 1. The third-order valence-corrected chi connectivity index (χ3v) is 4.97. The fourth-order valence-electron chi connectivity index (χ4n) is 2.79. The average molecular weight is 398 g/mol. The average Bonchev–Trinajstić information content (AvgIpc) is 2.56. The molecule has 0 unspecified atom stereocenters. The number of piperidine rings is 1. The van der Waals surface area contributed by atoms with E-state index in [0.29, 0.717) is 11.7 Å². The molecule has 1 fully saturated rings. The van der Waals surface area contributed by atoms with E-state index in [1.54, 1.807) is 6.20 Å². The second-order valence-electron chi connectivity index (χ2n) is 5.75. The van der Waals surface area contributed by atoms with Gasteiger partial charge in [0.25, 0.3) is 5.56 Å². The lowest BCUT2D eigenvalue weighted by Crippen LogP contribution is -2.38. The molecule has 0 radical (unpaired) electrons. The zero-order chi connectivity index (χ0) is 16.2. The van der Waals surface area contributed by atoms with E-state index in [1.165, 1.54) is 5.56 Å². The van der Waals surface area contributed by atoms with Crippen LogP contribution in [0.3, 0.4) is 0 Å². The number of likely N-dealkylation sites (tertiary alicyclic amines) is 1. The summed E-state index contributed by atoms with van der Waals surface area (Å²) < 4.78 is 1.10. The van der Waals surface area contributed by atoms with Crippen LogP contribution >= 0.6 is 27.5 Å². The first-order valence-electron chi connectivity index (χ1n) is 7.58. The van der Waals surface area contributed by atoms with Crippen molar-refractivity contribution >= 4 is 33.2 Å². The minimum absolute atomic E-state index is 0.178. The molecule has 122 valence electrons. The van der Waals surface area contributed by atoms with Crippen LogP contribution in [0, 0.1) is 0 Å². The minimum atomic E-state index is -0.357. The van der Waals surface area contributed by atoms with Crippen molar-refractivity contribution in [3.8, 4) is 0 Å². The maximum absolute atomic E-state index is 11.5. The molecule has 2 aromatic rings. The molecule has 3 rings (SSSR count). The van der Waals surface area contributed by atoms with Gasteiger partial charge in [-0.15, -0.1) is 0 Å². The number of hydrogen-bond acceptors (Lipinski definition) is 4. The van der Waals surface area contributed by atoms with Crippen LogP contribution in [0.5, 0.6) is 0 Å². The van der Waals surface area contributed by atoms with E-state index in [9.17, 15) is 4.79 Å². The van der Waals surface area contributed by atoms with E-state index < -0.39 is 0 Å². The van der Waals surface area contributed by atoms with E-state index in [-0.39, 0.29) is 10.6 Å². The second-order valence-corrected chi connectivity index (χ2v) is 7.04. The number of nitrogens with zero attached hydrogens (tertiary/aromatic N) is 2. The molecule has 1 saturated heterocycles. The van der Waals surface area contributed by atoms with Crippen LogP contribution < -0.4 is 10.9 Å². The Hall–Kier alpha value is -1.37. The summed E-state index contributed by atoms with van der Waals surface area (Å²) in [6.07, 6.45) is 3.59. The molecule has 1 aromatic heterocycles. The Bertz CT molecular complexity index is 711. The summed E-state index contributed by atoms with van der Waals surface area (Å²) in [5.74, 6) is 0. The molecule has 1 aliphatic rings. The highest BCUT2D eigenvalue weighted by atomic mass is 79.9. The van der Waals surface area contributed by atoms with Gasteiger partial charge in [0.05, 0.1) is 11.9 Å². The number of aromatic nitrogens is 2. The van der Waals surface area contributed by atoms with Gasteiger partial charge < -0.3 is 5.32 Å². The van der Waals surface area contributed by atoms with E-state index in [1.807, 2.05) is 0 Å². The molecule has 1 aromatic carbocycles. The lowest BCUT2D eigenvalue weighted by molar-refractivity contribution is 0.211. The number of nitrogens with one attached hydrogen (secondary N) is 2. The van der Waals surface area contributed by atoms with Crippen molar-refractivity contribution in [1.29, 1.82) is 0 Å². The van der Waals surface area contributed by atoms with Crippen LogP contribution in [-0.4, -0.2) is 34.2 Å². The van der Waals surface area contributed by atoms with Gasteiger partial charge in [0.15, 0.2) is 0 Å². The van der Waals surface area contributed by atoms with Crippen LogP contribution in [0.1, 0.15) is 18.4 Å². The van der Waals surface area contributed by atoms with Crippen molar-refractivity contribution < 1.29 is 0 Å². The maximum atomic E-state index is 11.5. The molecular formula is C16H18BrClN4O. The minimum Gasteiger partial charge on any atom is -0.380 e. The maximum Gasteiger partial charge on any atom is 0.285 e. The second kappa shape index (κ2) is 7.47. The third kappa shape index (κ3) is 4.34. The number of rotatable bonds is 4. The first-order valence-corrected chi connectivity index (χ1v) is 8.75. The Labute approximate surface area is 148 Å². The first-order chi connectivity index (χ1) is 11.1. The van der Waals surface area contributed by atoms with Gasteiger partial charge in [-0.25, -0.2) is 5.10 Å². The highest BCUT2D eigenvalue weighted by Gasteiger charge is 2.20. The van der Waals surface area contributed by atoms with Crippen LogP contribution in [0.15, 0.2) is 39.7 Å². The van der Waals surface area contributed by atoms with Crippen molar-refractivity contribution in [1.82, 2.24) is 15.1 Å². The van der Waals surface area contributed by atoms with Crippen molar-refractivity contribution in [3.63, 3.8) is 0 Å². The SMILES string of the molecule is O=c1[nH]ncc(NC2CCN(Cc3ccc(Br)cc3)CC2)c1Cl. The van der Waals surface area contributed by atoms with Gasteiger partial charge in [-0.2, -0.15) is 5.10 Å². The monoisotopic (exact) mass is 396 g/mol. The summed E-state index contributed by atoms with van der Waals surface area (Å²) in [4.78, 5) is 13.9. The van der Waals surface area contributed by atoms with E-state index >= 15 is 0 Å². The van der Waals surface area contributed by atoms with Gasteiger partial charge in [0, 0.05) is 30.1 Å². The lowest BCUT2D eigenvalue weighted by atomic mass is 10.0. The highest BCUT2D eigenvalue weighted by molar-refractivity contribution is 9.10. The van der Waals surface area contributed by atoms with Gasteiger partial charge in [-0.05, 0) is 30.5 Å². The molecule has 5 nitrogen and oxygen atoms in total. The zero-order valence-electron chi connectivity index (χ0n) is 12.6. The Balaban J connectivity index is 1.53. The molecule has 1 aliphatic heterocycles. The molecule has 7 heteroatoms. The standard InChI is InChI=1S/C16H18BrClN4O/c17-12-3-1-11(2-4-12)10-22-7-5-13(6-8-22)20-14-9-19-21-16(23)15(14)18/h1-4,9,13H,5-8,10H2,(H2,20,21,23). The third-order valence-electron chi connectivity index (χ3n) is 4.06. The zero-order valence-corrected chi connectivity index (χ0v) is 14.9. The van der Waals surface area contributed by atoms with Gasteiger partial charge in [-0.1, -0.05) is 39.7 Å². The molecule has 0 saturated carbocycles.